The summed E-state index contributed by atoms with van der Waals surface area (Å²) in [6.07, 6.45) is 1.39. The van der Waals surface area contributed by atoms with Crippen molar-refractivity contribution in [3.05, 3.63) is 0 Å². The summed E-state index contributed by atoms with van der Waals surface area (Å²) in [5, 5.41) is 18.6. The number of amides is 2. The van der Waals surface area contributed by atoms with E-state index in [-0.39, 0.29) is 12.1 Å². The number of hydrogen-bond donors (Lipinski definition) is 1. The molecular formula is C7H9N3O2. The van der Waals surface area contributed by atoms with Gasteiger partial charge in [-0.05, 0) is 12.8 Å². The van der Waals surface area contributed by atoms with Gasteiger partial charge in [-0.15, -0.1) is 0 Å². The summed E-state index contributed by atoms with van der Waals surface area (Å²) in [4.78, 5) is 12.6. The molecule has 2 heterocycles. The van der Waals surface area contributed by atoms with Crippen molar-refractivity contribution in [1.82, 2.24) is 9.96 Å². The van der Waals surface area contributed by atoms with Crippen LogP contribution in [0.3, 0.4) is 0 Å². The molecule has 1 N–H and O–H groups in total. The molecule has 2 rings (SSSR count). The minimum Gasteiger partial charge on any atom is -0.305 e. The molecule has 2 bridgehead atoms. The number of piperidine rings is 1. The van der Waals surface area contributed by atoms with Crippen molar-refractivity contribution >= 4 is 6.03 Å². The predicted molar refractivity (Wildman–Crippen MR) is 38.2 cm³/mol. The van der Waals surface area contributed by atoms with Gasteiger partial charge in [-0.3, -0.25) is 5.21 Å². The number of carbonyl (C=O) groups excluding carboxylic acids is 1. The van der Waals surface area contributed by atoms with E-state index in [2.05, 4.69) is 0 Å². The minimum atomic E-state index is -0.427. The highest BCUT2D eigenvalue weighted by Crippen LogP contribution is 2.27. The van der Waals surface area contributed by atoms with Crippen molar-refractivity contribution in [1.29, 1.82) is 5.26 Å². The molecule has 0 aromatic carbocycles. The van der Waals surface area contributed by atoms with Gasteiger partial charge in [-0.25, -0.2) is 9.86 Å². The Kier molecular flexibility index (Phi) is 1.45. The molecule has 0 aliphatic carbocycles. The molecule has 5 nitrogen and oxygen atoms in total. The lowest BCUT2D eigenvalue weighted by atomic mass is 10.0. The Labute approximate surface area is 69.7 Å². The molecule has 2 saturated heterocycles. The average Bonchev–Trinajstić information content (AvgIpc) is 2.33. The zero-order valence-corrected chi connectivity index (χ0v) is 6.47. The number of urea groups is 1. The molecule has 2 aliphatic heterocycles. The summed E-state index contributed by atoms with van der Waals surface area (Å²) >= 11 is 0. The molecule has 0 saturated carbocycles. The number of hydroxylamine groups is 2. The first kappa shape index (κ1) is 7.37. The predicted octanol–water partition coefficient (Wildman–Crippen LogP) is 0.168. The fourth-order valence-corrected chi connectivity index (χ4v) is 1.78. The second-order valence-electron chi connectivity index (χ2n) is 3.16. The van der Waals surface area contributed by atoms with Gasteiger partial charge in [0.05, 0.1) is 12.1 Å². The third kappa shape index (κ3) is 0.786. The Morgan fingerprint density at radius 3 is 3.00 bits per heavy atom. The highest BCUT2D eigenvalue weighted by atomic mass is 16.5. The Hall–Kier alpha value is -1.28. The van der Waals surface area contributed by atoms with Gasteiger partial charge in [0.15, 0.2) is 0 Å². The molecule has 12 heavy (non-hydrogen) atoms. The number of nitriles is 1. The van der Waals surface area contributed by atoms with E-state index in [1.165, 1.54) is 4.90 Å². The third-order valence-corrected chi connectivity index (χ3v) is 2.49. The molecule has 0 spiro atoms. The van der Waals surface area contributed by atoms with Crippen LogP contribution in [-0.4, -0.2) is 39.8 Å². The van der Waals surface area contributed by atoms with E-state index in [0.29, 0.717) is 13.0 Å². The van der Waals surface area contributed by atoms with Gasteiger partial charge in [0.2, 0.25) is 0 Å². The number of rotatable bonds is 0. The van der Waals surface area contributed by atoms with E-state index in [1.807, 2.05) is 6.07 Å². The van der Waals surface area contributed by atoms with E-state index in [4.69, 9.17) is 5.26 Å². The average molecular weight is 167 g/mol. The van der Waals surface area contributed by atoms with Crippen LogP contribution in [0.1, 0.15) is 12.8 Å². The molecule has 0 aromatic heterocycles. The second kappa shape index (κ2) is 2.35. The van der Waals surface area contributed by atoms with Gasteiger partial charge in [0.25, 0.3) is 0 Å². The van der Waals surface area contributed by atoms with E-state index in [0.717, 1.165) is 11.5 Å². The summed E-state index contributed by atoms with van der Waals surface area (Å²) in [5.74, 6) is 0. The highest BCUT2D eigenvalue weighted by molar-refractivity contribution is 5.77. The number of fused-ring (bicyclic) bond motifs is 2. The van der Waals surface area contributed by atoms with E-state index in [9.17, 15) is 10.0 Å². The summed E-state index contributed by atoms with van der Waals surface area (Å²) < 4.78 is 0. The maximum atomic E-state index is 11.2. The highest BCUT2D eigenvalue weighted by Gasteiger charge is 2.44. The minimum absolute atomic E-state index is 0.0953. The number of nitrogens with zero attached hydrogens (tertiary/aromatic N) is 3. The van der Waals surface area contributed by atoms with E-state index in [1.54, 1.807) is 0 Å². The lowest BCUT2D eigenvalue weighted by Crippen LogP contribution is -2.38. The molecule has 2 fully saturated rings. The van der Waals surface area contributed by atoms with Crippen LogP contribution in [0.2, 0.25) is 0 Å². The second-order valence-corrected chi connectivity index (χ2v) is 3.16. The molecule has 2 atom stereocenters. The zero-order valence-electron chi connectivity index (χ0n) is 6.47. The fraction of sp³-hybridized carbons (Fsp3) is 0.714. The van der Waals surface area contributed by atoms with Crippen molar-refractivity contribution in [2.75, 3.05) is 6.54 Å². The SMILES string of the molecule is N#C[C@@H]1CC[C@@H]2CN1C(=O)N2O. The van der Waals surface area contributed by atoms with Crippen molar-refractivity contribution in [3.63, 3.8) is 0 Å². The van der Waals surface area contributed by atoms with Gasteiger partial charge >= 0.3 is 6.03 Å². The van der Waals surface area contributed by atoms with Gasteiger partial charge < -0.3 is 4.90 Å². The van der Waals surface area contributed by atoms with Crippen LogP contribution in [0.15, 0.2) is 0 Å². The Morgan fingerprint density at radius 2 is 2.33 bits per heavy atom. The molecule has 0 radical (unpaired) electrons. The fourth-order valence-electron chi connectivity index (χ4n) is 1.78. The topological polar surface area (TPSA) is 67.6 Å². The first-order chi connectivity index (χ1) is 5.74. The van der Waals surface area contributed by atoms with E-state index < -0.39 is 6.03 Å². The summed E-state index contributed by atoms with van der Waals surface area (Å²) in [6, 6.07) is 1.19. The normalized spacial score (nSPS) is 33.8. The molecule has 2 aliphatic rings. The Balaban J connectivity index is 2.24. The van der Waals surface area contributed by atoms with E-state index >= 15 is 0 Å². The summed E-state index contributed by atoms with van der Waals surface area (Å²) in [5.41, 5.74) is 0. The maximum absolute atomic E-state index is 11.2. The van der Waals surface area contributed by atoms with Gasteiger partial charge in [-0.1, -0.05) is 0 Å². The van der Waals surface area contributed by atoms with Gasteiger partial charge in [0, 0.05) is 6.54 Å². The van der Waals surface area contributed by atoms with Crippen LogP contribution in [0.4, 0.5) is 4.79 Å². The first-order valence-electron chi connectivity index (χ1n) is 3.92. The molecule has 0 unspecified atom stereocenters. The van der Waals surface area contributed by atoms with Crippen LogP contribution in [-0.2, 0) is 0 Å². The van der Waals surface area contributed by atoms with Crippen LogP contribution < -0.4 is 0 Å². The summed E-state index contributed by atoms with van der Waals surface area (Å²) in [7, 11) is 0. The largest absolute Gasteiger partial charge is 0.345 e. The smallest absolute Gasteiger partial charge is 0.305 e. The molecule has 5 heteroatoms. The number of hydrogen-bond acceptors (Lipinski definition) is 3. The van der Waals surface area contributed by atoms with Crippen molar-refractivity contribution < 1.29 is 10.0 Å². The number of carbonyl (C=O) groups is 1. The Bertz CT molecular complexity index is 260. The van der Waals surface area contributed by atoms with Crippen LogP contribution in [0, 0.1) is 11.3 Å². The van der Waals surface area contributed by atoms with Gasteiger partial charge in [-0.2, -0.15) is 5.26 Å². The van der Waals surface area contributed by atoms with Gasteiger partial charge in [0.1, 0.15) is 6.04 Å². The standard InChI is InChI=1S/C7H9N3O2/c8-3-5-1-2-6-4-9(5)7(11)10(6)12/h5-6,12H,1-2,4H2/t5-,6+/m0/s1. The van der Waals surface area contributed by atoms with Crippen molar-refractivity contribution in [2.45, 2.75) is 24.9 Å². The summed E-state index contributed by atoms with van der Waals surface area (Å²) in [6.45, 7) is 0.494. The maximum Gasteiger partial charge on any atom is 0.345 e. The third-order valence-electron chi connectivity index (χ3n) is 2.49. The Morgan fingerprint density at radius 1 is 1.58 bits per heavy atom. The van der Waals surface area contributed by atoms with Crippen molar-refractivity contribution in [3.8, 4) is 6.07 Å². The monoisotopic (exact) mass is 167 g/mol. The lowest BCUT2D eigenvalue weighted by Gasteiger charge is -2.24. The quantitative estimate of drug-likeness (QED) is 0.523. The molecule has 0 aromatic rings. The first-order valence-corrected chi connectivity index (χ1v) is 3.92. The van der Waals surface area contributed by atoms with Crippen LogP contribution in [0.5, 0.6) is 0 Å². The molecule has 2 amide bonds. The van der Waals surface area contributed by atoms with Crippen molar-refractivity contribution in [2.24, 2.45) is 0 Å². The zero-order chi connectivity index (χ0) is 8.72. The molecule has 64 valence electrons. The van der Waals surface area contributed by atoms with Crippen LogP contribution in [0.25, 0.3) is 0 Å². The van der Waals surface area contributed by atoms with Crippen LogP contribution >= 0.6 is 0 Å². The molecular weight excluding hydrogens is 158 g/mol. The lowest BCUT2D eigenvalue weighted by molar-refractivity contribution is -0.0583.